The van der Waals surface area contributed by atoms with Gasteiger partial charge in [-0.05, 0) is 50.6 Å². The van der Waals surface area contributed by atoms with E-state index in [1.54, 1.807) is 13.0 Å². The zero-order valence-corrected chi connectivity index (χ0v) is 12.3. The van der Waals surface area contributed by atoms with Crippen LogP contribution >= 0.6 is 0 Å². The third-order valence-corrected chi connectivity index (χ3v) is 3.51. The highest BCUT2D eigenvalue weighted by Gasteiger charge is 2.15. The Morgan fingerprint density at radius 2 is 1.70 bits per heavy atom. The molecule has 0 aliphatic rings. The van der Waals surface area contributed by atoms with Gasteiger partial charge < -0.3 is 10.0 Å². The average Bonchev–Trinajstić information content (AvgIpc) is 2.37. The van der Waals surface area contributed by atoms with E-state index in [0.717, 1.165) is 16.9 Å². The maximum Gasteiger partial charge on any atom is 0.123 e. The van der Waals surface area contributed by atoms with E-state index in [1.165, 1.54) is 17.7 Å². The van der Waals surface area contributed by atoms with Crippen molar-refractivity contribution in [3.63, 3.8) is 0 Å². The van der Waals surface area contributed by atoms with Gasteiger partial charge in [0.25, 0.3) is 0 Å². The molecule has 0 amide bonds. The van der Waals surface area contributed by atoms with Crippen LogP contribution in [0.3, 0.4) is 0 Å². The number of aliphatic hydroxyl groups is 1. The number of hydrogen-bond donors (Lipinski definition) is 1. The number of aryl methyl sites for hydroxylation is 2. The van der Waals surface area contributed by atoms with Gasteiger partial charge in [0, 0.05) is 24.0 Å². The van der Waals surface area contributed by atoms with Gasteiger partial charge in [0.15, 0.2) is 0 Å². The number of nitrogens with zero attached hydrogens (tertiary/aromatic N) is 1. The van der Waals surface area contributed by atoms with Crippen molar-refractivity contribution in [3.8, 4) is 0 Å². The van der Waals surface area contributed by atoms with E-state index >= 15 is 0 Å². The zero-order chi connectivity index (χ0) is 14.9. The molecule has 0 aliphatic carbocycles. The van der Waals surface area contributed by atoms with Crippen LogP contribution < -0.4 is 4.90 Å². The molecule has 2 aromatic carbocycles. The maximum absolute atomic E-state index is 13.4. The first kappa shape index (κ1) is 14.5. The molecule has 2 aromatic rings. The fourth-order valence-electron chi connectivity index (χ4n) is 2.48. The normalized spacial score (nSPS) is 12.3. The Hall–Kier alpha value is -1.87. The second-order valence-corrected chi connectivity index (χ2v) is 5.23. The van der Waals surface area contributed by atoms with Crippen molar-refractivity contribution in [2.24, 2.45) is 0 Å². The Kier molecular flexibility index (Phi) is 4.09. The number of anilines is 2. The van der Waals surface area contributed by atoms with Crippen molar-refractivity contribution < 1.29 is 9.50 Å². The van der Waals surface area contributed by atoms with Crippen molar-refractivity contribution in [3.05, 3.63) is 58.9 Å². The summed E-state index contributed by atoms with van der Waals surface area (Å²) >= 11 is 0. The molecule has 0 radical (unpaired) electrons. The number of rotatable bonds is 3. The van der Waals surface area contributed by atoms with Crippen LogP contribution in [0.2, 0.25) is 0 Å². The molecule has 0 spiro atoms. The lowest BCUT2D eigenvalue weighted by Crippen LogP contribution is -2.14. The van der Waals surface area contributed by atoms with Crippen LogP contribution in [-0.4, -0.2) is 12.2 Å². The standard InChI is InChI=1S/C17H20FNO/c1-11-5-7-16(12(2)9-11)19(4)17-8-6-14(18)10-15(17)13(3)20/h5-10,13,20H,1-4H3/t13-/m1/s1. The summed E-state index contributed by atoms with van der Waals surface area (Å²) in [6.07, 6.45) is -0.714. The first-order chi connectivity index (χ1) is 9.40. The Bertz CT molecular complexity index is 622. The summed E-state index contributed by atoms with van der Waals surface area (Å²) in [6, 6.07) is 10.7. The Morgan fingerprint density at radius 3 is 2.30 bits per heavy atom. The van der Waals surface area contributed by atoms with Gasteiger partial charge in [-0.25, -0.2) is 4.39 Å². The molecule has 0 bridgehead atoms. The van der Waals surface area contributed by atoms with Crippen LogP contribution in [0, 0.1) is 19.7 Å². The predicted molar refractivity (Wildman–Crippen MR) is 81.0 cm³/mol. The van der Waals surface area contributed by atoms with E-state index in [4.69, 9.17) is 0 Å². The summed E-state index contributed by atoms with van der Waals surface area (Å²) in [5.41, 5.74) is 4.80. The van der Waals surface area contributed by atoms with Gasteiger partial charge in [-0.2, -0.15) is 0 Å². The zero-order valence-electron chi connectivity index (χ0n) is 12.3. The van der Waals surface area contributed by atoms with Crippen molar-refractivity contribution in [1.29, 1.82) is 0 Å². The smallest absolute Gasteiger partial charge is 0.123 e. The largest absolute Gasteiger partial charge is 0.389 e. The summed E-state index contributed by atoms with van der Waals surface area (Å²) in [4.78, 5) is 1.98. The molecule has 2 nitrogen and oxygen atoms in total. The molecular weight excluding hydrogens is 253 g/mol. The van der Waals surface area contributed by atoms with Crippen LogP contribution in [0.1, 0.15) is 29.7 Å². The molecule has 0 fully saturated rings. The van der Waals surface area contributed by atoms with Gasteiger partial charge in [-0.1, -0.05) is 17.7 Å². The van der Waals surface area contributed by atoms with Gasteiger partial charge in [0.05, 0.1) is 6.10 Å². The van der Waals surface area contributed by atoms with Gasteiger partial charge in [-0.3, -0.25) is 0 Å². The number of halogens is 1. The maximum atomic E-state index is 13.4. The van der Waals surface area contributed by atoms with Gasteiger partial charge in [0.1, 0.15) is 5.82 Å². The summed E-state index contributed by atoms with van der Waals surface area (Å²) in [6.45, 7) is 5.74. The second-order valence-electron chi connectivity index (χ2n) is 5.23. The van der Waals surface area contributed by atoms with E-state index in [2.05, 4.69) is 13.0 Å². The lowest BCUT2D eigenvalue weighted by atomic mass is 10.0. The molecule has 0 saturated carbocycles. The summed E-state index contributed by atoms with van der Waals surface area (Å²) in [5, 5.41) is 9.84. The minimum atomic E-state index is -0.714. The highest BCUT2D eigenvalue weighted by molar-refractivity contribution is 5.69. The van der Waals surface area contributed by atoms with Crippen molar-refractivity contribution in [1.82, 2.24) is 0 Å². The first-order valence-electron chi connectivity index (χ1n) is 6.68. The Balaban J connectivity index is 2.50. The minimum Gasteiger partial charge on any atom is -0.389 e. The van der Waals surface area contributed by atoms with Crippen LogP contribution in [0.25, 0.3) is 0 Å². The quantitative estimate of drug-likeness (QED) is 0.903. The fraction of sp³-hybridized carbons (Fsp3) is 0.294. The highest BCUT2D eigenvalue weighted by Crippen LogP contribution is 2.33. The van der Waals surface area contributed by atoms with E-state index in [0.29, 0.717) is 5.56 Å². The molecule has 20 heavy (non-hydrogen) atoms. The molecule has 0 aliphatic heterocycles. The minimum absolute atomic E-state index is 0.335. The highest BCUT2D eigenvalue weighted by atomic mass is 19.1. The van der Waals surface area contributed by atoms with Gasteiger partial charge >= 0.3 is 0 Å². The third-order valence-electron chi connectivity index (χ3n) is 3.51. The molecule has 0 unspecified atom stereocenters. The SMILES string of the molecule is Cc1ccc(N(C)c2ccc(F)cc2[C@@H](C)O)c(C)c1. The number of benzene rings is 2. The monoisotopic (exact) mass is 273 g/mol. The lowest BCUT2D eigenvalue weighted by Gasteiger charge is -2.25. The first-order valence-corrected chi connectivity index (χ1v) is 6.68. The van der Waals surface area contributed by atoms with E-state index in [1.807, 2.05) is 31.0 Å². The van der Waals surface area contributed by atoms with E-state index < -0.39 is 6.10 Å². The Morgan fingerprint density at radius 1 is 1.05 bits per heavy atom. The molecule has 106 valence electrons. The molecule has 3 heteroatoms. The van der Waals surface area contributed by atoms with Crippen LogP contribution in [0.15, 0.2) is 36.4 Å². The second kappa shape index (κ2) is 5.63. The van der Waals surface area contributed by atoms with Crippen LogP contribution in [0.4, 0.5) is 15.8 Å². The van der Waals surface area contributed by atoms with Crippen molar-refractivity contribution >= 4 is 11.4 Å². The molecule has 1 atom stereocenters. The van der Waals surface area contributed by atoms with Crippen molar-refractivity contribution in [2.45, 2.75) is 26.9 Å². The van der Waals surface area contributed by atoms with Crippen LogP contribution in [-0.2, 0) is 0 Å². The molecule has 0 aromatic heterocycles. The summed E-state index contributed by atoms with van der Waals surface area (Å²) in [5.74, 6) is -0.335. The fourth-order valence-corrected chi connectivity index (χ4v) is 2.48. The summed E-state index contributed by atoms with van der Waals surface area (Å²) < 4.78 is 13.4. The molecule has 0 saturated heterocycles. The van der Waals surface area contributed by atoms with Crippen molar-refractivity contribution in [2.75, 3.05) is 11.9 Å². The van der Waals surface area contributed by atoms with Gasteiger partial charge in [0.2, 0.25) is 0 Å². The number of aliphatic hydroxyl groups excluding tert-OH is 1. The molecule has 1 N–H and O–H groups in total. The predicted octanol–water partition coefficient (Wildman–Crippen LogP) is 4.26. The molecule has 0 heterocycles. The molecule has 2 rings (SSSR count). The van der Waals surface area contributed by atoms with Gasteiger partial charge in [-0.15, -0.1) is 0 Å². The third kappa shape index (κ3) is 2.83. The number of hydrogen-bond acceptors (Lipinski definition) is 2. The Labute approximate surface area is 119 Å². The van der Waals surface area contributed by atoms with E-state index in [-0.39, 0.29) is 5.82 Å². The van der Waals surface area contributed by atoms with E-state index in [9.17, 15) is 9.50 Å². The topological polar surface area (TPSA) is 23.5 Å². The molecular formula is C17H20FNO. The lowest BCUT2D eigenvalue weighted by molar-refractivity contribution is 0.199. The van der Waals surface area contributed by atoms with Crippen LogP contribution in [0.5, 0.6) is 0 Å². The average molecular weight is 273 g/mol. The summed E-state index contributed by atoms with van der Waals surface area (Å²) in [7, 11) is 1.93.